The molecule has 0 aliphatic carbocycles. The Morgan fingerprint density at radius 1 is 1.39 bits per heavy atom. The van der Waals surface area contributed by atoms with Gasteiger partial charge in [0.15, 0.2) is 0 Å². The van der Waals surface area contributed by atoms with Crippen molar-refractivity contribution in [2.75, 3.05) is 25.6 Å². The minimum atomic E-state index is -0.188. The summed E-state index contributed by atoms with van der Waals surface area (Å²) in [6, 6.07) is 5.37. The SMILES string of the molecule is CNc1cccc(C(=O)NC2(C)CCOCC2)n1. The predicted molar refractivity (Wildman–Crippen MR) is 69.7 cm³/mol. The van der Waals surface area contributed by atoms with Gasteiger partial charge in [0.25, 0.3) is 5.91 Å². The number of carbonyl (C=O) groups is 1. The van der Waals surface area contributed by atoms with Crippen LogP contribution in [-0.4, -0.2) is 36.7 Å². The Kier molecular flexibility index (Phi) is 3.81. The smallest absolute Gasteiger partial charge is 0.270 e. The van der Waals surface area contributed by atoms with Crippen LogP contribution in [0.25, 0.3) is 0 Å². The molecule has 1 saturated heterocycles. The lowest BCUT2D eigenvalue weighted by Crippen LogP contribution is -2.49. The Bertz CT molecular complexity index is 428. The standard InChI is InChI=1S/C13H19N3O2/c1-13(6-8-18-9-7-13)16-12(17)10-4-3-5-11(14-2)15-10/h3-5H,6-9H2,1-2H3,(H,14,15)(H,16,17). The largest absolute Gasteiger partial charge is 0.381 e. The van der Waals surface area contributed by atoms with Crippen LogP contribution in [0.1, 0.15) is 30.3 Å². The number of pyridine rings is 1. The van der Waals surface area contributed by atoms with Gasteiger partial charge in [0.05, 0.1) is 0 Å². The number of carbonyl (C=O) groups excluding carboxylic acids is 1. The van der Waals surface area contributed by atoms with Gasteiger partial charge in [-0.05, 0) is 31.9 Å². The molecule has 1 aliphatic heterocycles. The number of amides is 1. The molecule has 1 aliphatic rings. The summed E-state index contributed by atoms with van der Waals surface area (Å²) in [4.78, 5) is 16.4. The second-order valence-electron chi connectivity index (χ2n) is 4.79. The molecular weight excluding hydrogens is 230 g/mol. The summed E-state index contributed by atoms with van der Waals surface area (Å²) >= 11 is 0. The van der Waals surface area contributed by atoms with Gasteiger partial charge in [-0.25, -0.2) is 4.98 Å². The highest BCUT2D eigenvalue weighted by molar-refractivity contribution is 5.93. The molecule has 2 rings (SSSR count). The fourth-order valence-corrected chi connectivity index (χ4v) is 1.99. The summed E-state index contributed by atoms with van der Waals surface area (Å²) in [5, 5.41) is 5.98. The van der Waals surface area contributed by atoms with Crippen molar-refractivity contribution in [3.05, 3.63) is 23.9 Å². The molecule has 0 aromatic carbocycles. The number of hydrogen-bond donors (Lipinski definition) is 2. The van der Waals surface area contributed by atoms with Crippen molar-refractivity contribution in [3.8, 4) is 0 Å². The van der Waals surface area contributed by atoms with Crippen LogP contribution in [0, 0.1) is 0 Å². The summed E-state index contributed by atoms with van der Waals surface area (Å²) in [5.74, 6) is 0.566. The second kappa shape index (κ2) is 5.35. The van der Waals surface area contributed by atoms with E-state index in [0.717, 1.165) is 12.8 Å². The van der Waals surface area contributed by atoms with Crippen LogP contribution in [0.5, 0.6) is 0 Å². The van der Waals surface area contributed by atoms with Crippen LogP contribution >= 0.6 is 0 Å². The van der Waals surface area contributed by atoms with E-state index in [2.05, 4.69) is 22.5 Å². The van der Waals surface area contributed by atoms with E-state index in [9.17, 15) is 4.79 Å². The van der Waals surface area contributed by atoms with Gasteiger partial charge < -0.3 is 15.4 Å². The van der Waals surface area contributed by atoms with E-state index < -0.39 is 0 Å². The maximum Gasteiger partial charge on any atom is 0.270 e. The van der Waals surface area contributed by atoms with Gasteiger partial charge in [-0.2, -0.15) is 0 Å². The summed E-state index contributed by atoms with van der Waals surface area (Å²) in [7, 11) is 1.78. The lowest BCUT2D eigenvalue weighted by Gasteiger charge is -2.34. The van der Waals surface area contributed by atoms with Crippen molar-refractivity contribution in [1.82, 2.24) is 10.3 Å². The number of rotatable bonds is 3. The molecule has 5 heteroatoms. The number of nitrogens with one attached hydrogen (secondary N) is 2. The molecule has 1 aromatic heterocycles. The van der Waals surface area contributed by atoms with Gasteiger partial charge >= 0.3 is 0 Å². The fraction of sp³-hybridized carbons (Fsp3) is 0.538. The minimum absolute atomic E-state index is 0.128. The van der Waals surface area contributed by atoms with E-state index in [-0.39, 0.29) is 11.4 Å². The third-order valence-electron chi connectivity index (χ3n) is 3.25. The van der Waals surface area contributed by atoms with Crippen molar-refractivity contribution < 1.29 is 9.53 Å². The normalized spacial score (nSPS) is 18.1. The van der Waals surface area contributed by atoms with Crippen molar-refractivity contribution >= 4 is 11.7 Å². The Balaban J connectivity index is 2.06. The zero-order valence-electron chi connectivity index (χ0n) is 10.8. The molecule has 98 valence electrons. The average molecular weight is 249 g/mol. The first-order chi connectivity index (χ1) is 8.63. The van der Waals surface area contributed by atoms with Crippen molar-refractivity contribution in [3.63, 3.8) is 0 Å². The van der Waals surface area contributed by atoms with E-state index in [1.165, 1.54) is 0 Å². The first-order valence-electron chi connectivity index (χ1n) is 6.18. The summed E-state index contributed by atoms with van der Waals surface area (Å²) in [6.07, 6.45) is 1.68. The Morgan fingerprint density at radius 2 is 2.11 bits per heavy atom. The Labute approximate surface area is 107 Å². The molecule has 1 aromatic rings. The molecule has 1 fully saturated rings. The third kappa shape index (κ3) is 2.98. The van der Waals surface area contributed by atoms with E-state index in [1.807, 2.05) is 12.1 Å². The highest BCUT2D eigenvalue weighted by Crippen LogP contribution is 2.20. The maximum atomic E-state index is 12.1. The topological polar surface area (TPSA) is 63.2 Å². The van der Waals surface area contributed by atoms with Gasteiger partial charge in [-0.1, -0.05) is 6.07 Å². The van der Waals surface area contributed by atoms with E-state index in [4.69, 9.17) is 4.74 Å². The highest BCUT2D eigenvalue weighted by Gasteiger charge is 2.29. The highest BCUT2D eigenvalue weighted by atomic mass is 16.5. The van der Waals surface area contributed by atoms with Crippen molar-refractivity contribution in [2.45, 2.75) is 25.3 Å². The van der Waals surface area contributed by atoms with Crippen LogP contribution in [0.3, 0.4) is 0 Å². The predicted octanol–water partition coefficient (Wildman–Crippen LogP) is 1.42. The Hall–Kier alpha value is -1.62. The number of aromatic nitrogens is 1. The van der Waals surface area contributed by atoms with Gasteiger partial charge in [0, 0.05) is 25.8 Å². The molecule has 0 atom stereocenters. The van der Waals surface area contributed by atoms with Crippen molar-refractivity contribution in [2.24, 2.45) is 0 Å². The molecule has 0 bridgehead atoms. The molecule has 0 spiro atoms. The third-order valence-corrected chi connectivity index (χ3v) is 3.25. The molecule has 5 nitrogen and oxygen atoms in total. The van der Waals surface area contributed by atoms with E-state index in [0.29, 0.717) is 24.7 Å². The lowest BCUT2D eigenvalue weighted by atomic mass is 9.92. The Morgan fingerprint density at radius 3 is 2.78 bits per heavy atom. The van der Waals surface area contributed by atoms with E-state index >= 15 is 0 Å². The molecule has 2 N–H and O–H groups in total. The maximum absolute atomic E-state index is 12.1. The van der Waals surface area contributed by atoms with Gasteiger partial charge in [-0.3, -0.25) is 4.79 Å². The number of hydrogen-bond acceptors (Lipinski definition) is 4. The molecule has 0 unspecified atom stereocenters. The number of anilines is 1. The molecule has 2 heterocycles. The molecule has 0 radical (unpaired) electrons. The number of nitrogens with zero attached hydrogens (tertiary/aromatic N) is 1. The van der Waals surface area contributed by atoms with Crippen LogP contribution in [-0.2, 0) is 4.74 Å². The van der Waals surface area contributed by atoms with Crippen LogP contribution in [0.4, 0.5) is 5.82 Å². The summed E-state index contributed by atoms with van der Waals surface area (Å²) < 4.78 is 5.31. The summed E-state index contributed by atoms with van der Waals surface area (Å²) in [6.45, 7) is 3.44. The van der Waals surface area contributed by atoms with Crippen LogP contribution in [0.2, 0.25) is 0 Å². The average Bonchev–Trinajstić information content (AvgIpc) is 2.39. The quantitative estimate of drug-likeness (QED) is 0.850. The van der Waals surface area contributed by atoms with Gasteiger partial charge in [-0.15, -0.1) is 0 Å². The van der Waals surface area contributed by atoms with Gasteiger partial charge in [0.1, 0.15) is 11.5 Å². The second-order valence-corrected chi connectivity index (χ2v) is 4.79. The van der Waals surface area contributed by atoms with Crippen molar-refractivity contribution in [1.29, 1.82) is 0 Å². The lowest BCUT2D eigenvalue weighted by molar-refractivity contribution is 0.0421. The first-order valence-corrected chi connectivity index (χ1v) is 6.18. The van der Waals surface area contributed by atoms with Crippen LogP contribution < -0.4 is 10.6 Å². The fourth-order valence-electron chi connectivity index (χ4n) is 1.99. The summed E-state index contributed by atoms with van der Waals surface area (Å²) in [5.41, 5.74) is 0.252. The molecular formula is C13H19N3O2. The monoisotopic (exact) mass is 249 g/mol. The van der Waals surface area contributed by atoms with Gasteiger partial charge in [0.2, 0.25) is 0 Å². The number of ether oxygens (including phenoxy) is 1. The van der Waals surface area contributed by atoms with E-state index in [1.54, 1.807) is 13.1 Å². The zero-order valence-corrected chi connectivity index (χ0v) is 10.8. The molecule has 1 amide bonds. The molecule has 0 saturated carbocycles. The minimum Gasteiger partial charge on any atom is -0.381 e. The first kappa shape index (κ1) is 12.8. The zero-order chi connectivity index (χ0) is 13.0. The van der Waals surface area contributed by atoms with Crippen LogP contribution in [0.15, 0.2) is 18.2 Å². The molecule has 18 heavy (non-hydrogen) atoms.